The lowest BCUT2D eigenvalue weighted by molar-refractivity contribution is 0.0823. The number of para-hydroxylation sites is 1. The van der Waals surface area contributed by atoms with Crippen molar-refractivity contribution >= 4 is 11.6 Å². The maximum atomic E-state index is 13.2. The molecule has 2 nitrogen and oxygen atoms in total. The zero-order valence-corrected chi connectivity index (χ0v) is 16.4. The topological polar surface area (TPSA) is 18.5 Å². The number of ether oxygens (including phenoxy) is 2. The van der Waals surface area contributed by atoms with E-state index in [9.17, 15) is 4.39 Å². The Morgan fingerprint density at radius 1 is 0.929 bits per heavy atom. The molecule has 3 aromatic rings. The zero-order chi connectivity index (χ0) is 19.6. The van der Waals surface area contributed by atoms with Crippen molar-refractivity contribution in [3.05, 3.63) is 95.8 Å². The normalized spacial score (nSPS) is 23.4. The van der Waals surface area contributed by atoms with Crippen LogP contribution in [-0.4, -0.2) is 12.0 Å². The summed E-state index contributed by atoms with van der Waals surface area (Å²) in [6.07, 6.45) is 0. The highest BCUT2D eigenvalue weighted by Crippen LogP contribution is 2.62. The van der Waals surface area contributed by atoms with Crippen molar-refractivity contribution in [2.75, 3.05) is 6.61 Å². The van der Waals surface area contributed by atoms with Crippen LogP contribution in [0.15, 0.2) is 78.9 Å². The number of halogens is 2. The maximum Gasteiger partial charge on any atom is 0.127 e. The fraction of sp³-hybridized carbons (Fsp3) is 0.250. The van der Waals surface area contributed by atoms with Crippen molar-refractivity contribution in [2.24, 2.45) is 5.41 Å². The van der Waals surface area contributed by atoms with Gasteiger partial charge in [-0.15, -0.1) is 11.6 Å². The van der Waals surface area contributed by atoms with Crippen LogP contribution < -0.4 is 4.74 Å². The molecule has 1 aliphatic rings. The number of rotatable bonds is 7. The monoisotopic (exact) mass is 396 g/mol. The second kappa shape index (κ2) is 7.94. The van der Waals surface area contributed by atoms with Crippen LogP contribution in [0.1, 0.15) is 24.0 Å². The quantitative estimate of drug-likeness (QED) is 0.422. The van der Waals surface area contributed by atoms with E-state index in [0.29, 0.717) is 13.2 Å². The van der Waals surface area contributed by atoms with Gasteiger partial charge in [-0.25, -0.2) is 4.39 Å². The predicted octanol–water partition coefficient (Wildman–Crippen LogP) is 6.55. The first-order valence-corrected chi connectivity index (χ1v) is 9.79. The van der Waals surface area contributed by atoms with Crippen molar-refractivity contribution in [2.45, 2.75) is 24.8 Å². The molecule has 3 atom stereocenters. The average molecular weight is 397 g/mol. The molecule has 0 unspecified atom stereocenters. The number of hydrogen-bond acceptors (Lipinski definition) is 2. The van der Waals surface area contributed by atoms with Crippen LogP contribution >= 0.6 is 11.6 Å². The predicted molar refractivity (Wildman–Crippen MR) is 110 cm³/mol. The summed E-state index contributed by atoms with van der Waals surface area (Å²) in [7, 11) is 0. The Labute approximate surface area is 169 Å². The van der Waals surface area contributed by atoms with E-state index in [0.717, 1.165) is 22.6 Å². The van der Waals surface area contributed by atoms with Crippen LogP contribution in [0.2, 0.25) is 0 Å². The Kier molecular flexibility index (Phi) is 5.38. The van der Waals surface area contributed by atoms with Gasteiger partial charge in [-0.1, -0.05) is 49.4 Å². The summed E-state index contributed by atoms with van der Waals surface area (Å²) in [4.78, 5) is 0. The van der Waals surface area contributed by atoms with Gasteiger partial charge in [0.1, 0.15) is 17.3 Å². The van der Waals surface area contributed by atoms with Crippen molar-refractivity contribution in [1.82, 2.24) is 0 Å². The van der Waals surface area contributed by atoms with Gasteiger partial charge >= 0.3 is 0 Å². The van der Waals surface area contributed by atoms with Crippen LogP contribution in [0.5, 0.6) is 11.5 Å². The molecule has 3 aromatic carbocycles. The van der Waals surface area contributed by atoms with Crippen LogP contribution in [0, 0.1) is 11.2 Å². The lowest BCUT2D eigenvalue weighted by Crippen LogP contribution is -2.10. The van der Waals surface area contributed by atoms with Gasteiger partial charge in [0, 0.05) is 16.7 Å². The van der Waals surface area contributed by atoms with Gasteiger partial charge in [0.15, 0.2) is 0 Å². The minimum Gasteiger partial charge on any atom is -0.457 e. The largest absolute Gasteiger partial charge is 0.457 e. The first kappa shape index (κ1) is 19.0. The number of benzene rings is 3. The summed E-state index contributed by atoms with van der Waals surface area (Å²) in [5, 5.41) is -0.00860. The van der Waals surface area contributed by atoms with E-state index in [1.54, 1.807) is 0 Å². The van der Waals surface area contributed by atoms with E-state index in [4.69, 9.17) is 21.1 Å². The van der Waals surface area contributed by atoms with Gasteiger partial charge < -0.3 is 9.47 Å². The van der Waals surface area contributed by atoms with E-state index in [1.165, 1.54) is 12.1 Å². The van der Waals surface area contributed by atoms with Crippen molar-refractivity contribution in [1.29, 1.82) is 0 Å². The van der Waals surface area contributed by atoms with E-state index < -0.39 is 0 Å². The summed E-state index contributed by atoms with van der Waals surface area (Å²) in [5.41, 5.74) is 1.96. The van der Waals surface area contributed by atoms with E-state index in [-0.39, 0.29) is 22.5 Å². The van der Waals surface area contributed by atoms with Gasteiger partial charge in [-0.05, 0) is 47.5 Å². The van der Waals surface area contributed by atoms with Crippen LogP contribution in [0.25, 0.3) is 0 Å². The van der Waals surface area contributed by atoms with Crippen molar-refractivity contribution in [3.8, 4) is 11.5 Å². The smallest absolute Gasteiger partial charge is 0.127 e. The Morgan fingerprint density at radius 2 is 1.64 bits per heavy atom. The van der Waals surface area contributed by atoms with Crippen molar-refractivity contribution < 1.29 is 13.9 Å². The molecule has 0 amide bonds. The average Bonchev–Trinajstić information content (AvgIpc) is 3.24. The molecule has 28 heavy (non-hydrogen) atoms. The van der Waals surface area contributed by atoms with Crippen LogP contribution in [0.3, 0.4) is 0 Å². The van der Waals surface area contributed by atoms with Gasteiger partial charge in [-0.2, -0.15) is 0 Å². The summed E-state index contributed by atoms with van der Waals surface area (Å²) in [6.45, 7) is 3.15. The van der Waals surface area contributed by atoms with E-state index in [2.05, 4.69) is 6.92 Å². The molecule has 4 heteroatoms. The zero-order valence-electron chi connectivity index (χ0n) is 15.6. The van der Waals surface area contributed by atoms with Crippen LogP contribution in [0.4, 0.5) is 4.39 Å². The molecule has 0 N–H and O–H groups in total. The van der Waals surface area contributed by atoms with E-state index >= 15 is 0 Å². The first-order chi connectivity index (χ1) is 13.6. The molecule has 4 rings (SSSR count). The molecule has 0 spiro atoms. The van der Waals surface area contributed by atoms with E-state index in [1.807, 2.05) is 66.7 Å². The highest BCUT2D eigenvalue weighted by molar-refractivity contribution is 6.24. The second-order valence-electron chi connectivity index (χ2n) is 7.49. The third-order valence-electron chi connectivity index (χ3n) is 5.31. The highest BCUT2D eigenvalue weighted by atomic mass is 35.5. The third kappa shape index (κ3) is 4.06. The molecule has 0 aromatic heterocycles. The summed E-state index contributed by atoms with van der Waals surface area (Å²) >= 11 is 6.54. The lowest BCUT2D eigenvalue weighted by Gasteiger charge is -2.13. The lowest BCUT2D eigenvalue weighted by atomic mass is 10.0. The highest BCUT2D eigenvalue weighted by Gasteiger charge is 2.61. The summed E-state index contributed by atoms with van der Waals surface area (Å²) in [6, 6.07) is 24.2. The Morgan fingerprint density at radius 3 is 2.39 bits per heavy atom. The molecule has 0 radical (unpaired) electrons. The molecular weight excluding hydrogens is 375 g/mol. The van der Waals surface area contributed by atoms with Gasteiger partial charge in [0.25, 0.3) is 0 Å². The summed E-state index contributed by atoms with van der Waals surface area (Å²) < 4.78 is 25.0. The van der Waals surface area contributed by atoms with Gasteiger partial charge in [0.05, 0.1) is 13.2 Å². The Hall–Kier alpha value is -2.36. The summed E-state index contributed by atoms with van der Waals surface area (Å²) in [5.74, 6) is 1.54. The standard InChI is InChI=1S/C24H22ClFO2/c1-24(22(23(24)25)18-10-12-19(26)13-11-18)16-27-15-17-6-5-9-21(14-17)28-20-7-3-2-4-8-20/h2-14,22-23H,15-16H2,1H3/t22-,23+,24+/m1/s1. The van der Waals surface area contributed by atoms with Gasteiger partial charge in [0.2, 0.25) is 0 Å². The minimum absolute atomic E-state index is 0.00860. The molecule has 0 bridgehead atoms. The molecule has 0 aliphatic heterocycles. The maximum absolute atomic E-state index is 13.2. The molecule has 1 aliphatic carbocycles. The van der Waals surface area contributed by atoms with Crippen LogP contribution in [-0.2, 0) is 11.3 Å². The number of alkyl halides is 1. The van der Waals surface area contributed by atoms with Gasteiger partial charge in [-0.3, -0.25) is 0 Å². The molecule has 0 heterocycles. The fourth-order valence-corrected chi connectivity index (χ4v) is 4.17. The first-order valence-electron chi connectivity index (χ1n) is 9.35. The third-order valence-corrected chi connectivity index (χ3v) is 6.06. The SMILES string of the molecule is C[C@]1(COCc2cccc(Oc3ccccc3)c2)[C@H](c2ccc(F)cc2)[C@@H]1Cl. The molecule has 1 saturated carbocycles. The number of hydrogen-bond donors (Lipinski definition) is 0. The molecule has 1 fully saturated rings. The molecule has 144 valence electrons. The Balaban J connectivity index is 1.34. The minimum atomic E-state index is -0.230. The molecular formula is C24H22ClFO2. The molecule has 0 saturated heterocycles. The Bertz CT molecular complexity index is 929. The fourth-order valence-electron chi connectivity index (χ4n) is 3.61. The van der Waals surface area contributed by atoms with Crippen molar-refractivity contribution in [3.63, 3.8) is 0 Å². The second-order valence-corrected chi connectivity index (χ2v) is 7.96.